The average molecular weight is 227 g/mol. The third kappa shape index (κ3) is 4.84. The van der Waals surface area contributed by atoms with Gasteiger partial charge in [-0.3, -0.25) is 0 Å². The Morgan fingerprint density at radius 3 is 2.38 bits per heavy atom. The third-order valence-corrected chi connectivity index (χ3v) is 3.82. The number of ether oxygens (including phenoxy) is 1. The molecule has 1 N–H and O–H groups in total. The van der Waals surface area contributed by atoms with Gasteiger partial charge in [0.15, 0.2) is 0 Å². The first-order valence-corrected chi connectivity index (χ1v) is 6.65. The molecule has 0 atom stereocenters. The molecule has 0 aromatic carbocycles. The van der Waals surface area contributed by atoms with E-state index in [4.69, 9.17) is 4.74 Å². The van der Waals surface area contributed by atoms with E-state index in [1.54, 1.807) is 0 Å². The molecule has 0 heterocycles. The zero-order chi connectivity index (χ0) is 12.2. The van der Waals surface area contributed by atoms with Gasteiger partial charge in [-0.25, -0.2) is 0 Å². The van der Waals surface area contributed by atoms with Crippen LogP contribution >= 0.6 is 0 Å². The Balaban J connectivity index is 2.20. The largest absolute Gasteiger partial charge is 0.379 e. The second-order valence-corrected chi connectivity index (χ2v) is 6.49. The summed E-state index contributed by atoms with van der Waals surface area (Å²) < 4.78 is 5.48. The van der Waals surface area contributed by atoms with E-state index >= 15 is 0 Å². The molecule has 0 aromatic rings. The highest BCUT2D eigenvalue weighted by atomic mass is 16.5. The van der Waals surface area contributed by atoms with Gasteiger partial charge in [-0.05, 0) is 57.4 Å². The zero-order valence-corrected chi connectivity index (χ0v) is 11.7. The molecule has 2 heteroatoms. The molecule has 1 aliphatic carbocycles. The summed E-state index contributed by atoms with van der Waals surface area (Å²) in [7, 11) is 1.82. The Hall–Kier alpha value is -0.0800. The summed E-state index contributed by atoms with van der Waals surface area (Å²) in [6.07, 6.45) is 5.28. The van der Waals surface area contributed by atoms with Crippen molar-refractivity contribution < 1.29 is 4.74 Å². The van der Waals surface area contributed by atoms with Crippen LogP contribution in [0.5, 0.6) is 0 Å². The number of nitrogens with one attached hydrogen (secondary N) is 1. The summed E-state index contributed by atoms with van der Waals surface area (Å²) in [5, 5.41) is 3.60. The zero-order valence-electron chi connectivity index (χ0n) is 11.7. The molecule has 2 nitrogen and oxygen atoms in total. The van der Waals surface area contributed by atoms with Crippen LogP contribution in [-0.4, -0.2) is 25.8 Å². The second kappa shape index (κ2) is 5.50. The first kappa shape index (κ1) is 14.0. The summed E-state index contributed by atoms with van der Waals surface area (Å²) >= 11 is 0. The van der Waals surface area contributed by atoms with E-state index in [1.807, 2.05) is 7.11 Å². The topological polar surface area (TPSA) is 21.3 Å². The number of hydrogen-bond acceptors (Lipinski definition) is 2. The lowest BCUT2D eigenvalue weighted by Gasteiger charge is -2.26. The van der Waals surface area contributed by atoms with Gasteiger partial charge in [0.05, 0.1) is 5.60 Å². The highest BCUT2D eigenvalue weighted by molar-refractivity contribution is 4.96. The summed E-state index contributed by atoms with van der Waals surface area (Å²) in [6.45, 7) is 11.2. The first-order chi connectivity index (χ1) is 7.39. The van der Waals surface area contributed by atoms with Gasteiger partial charge in [-0.2, -0.15) is 0 Å². The summed E-state index contributed by atoms with van der Waals surface area (Å²) in [4.78, 5) is 0. The molecular weight excluding hydrogens is 198 g/mol. The molecule has 0 saturated heterocycles. The molecule has 0 unspecified atom stereocenters. The van der Waals surface area contributed by atoms with Crippen LogP contribution < -0.4 is 5.32 Å². The molecule has 96 valence electrons. The molecule has 16 heavy (non-hydrogen) atoms. The van der Waals surface area contributed by atoms with Crippen molar-refractivity contribution in [2.45, 2.75) is 59.0 Å². The molecule has 1 fully saturated rings. The monoisotopic (exact) mass is 227 g/mol. The molecule has 0 aromatic heterocycles. The first-order valence-electron chi connectivity index (χ1n) is 6.65. The molecule has 1 aliphatic rings. The quantitative estimate of drug-likeness (QED) is 0.687. The van der Waals surface area contributed by atoms with Gasteiger partial charge in [0.2, 0.25) is 0 Å². The van der Waals surface area contributed by atoms with Crippen molar-refractivity contribution in [2.75, 3.05) is 20.2 Å². The molecule has 0 bridgehead atoms. The Labute approximate surface area is 101 Å². The molecule has 1 saturated carbocycles. The normalized spacial score (nSPS) is 19.1. The standard InChI is InChI=1S/C14H29NO/c1-12(2)10-15-11-14(8-9-14)7-6-13(3,4)16-5/h12,15H,6-11H2,1-5H3. The molecule has 0 radical (unpaired) electrons. The van der Waals surface area contributed by atoms with Crippen LogP contribution in [0.4, 0.5) is 0 Å². The van der Waals surface area contributed by atoms with Crippen LogP contribution in [0.2, 0.25) is 0 Å². The molecule has 0 spiro atoms. The van der Waals surface area contributed by atoms with E-state index < -0.39 is 0 Å². The van der Waals surface area contributed by atoms with Crippen LogP contribution in [0.1, 0.15) is 53.4 Å². The maximum Gasteiger partial charge on any atom is 0.0623 e. The Morgan fingerprint density at radius 2 is 1.94 bits per heavy atom. The maximum absolute atomic E-state index is 5.48. The van der Waals surface area contributed by atoms with Crippen molar-refractivity contribution in [3.63, 3.8) is 0 Å². The molecule has 0 aliphatic heterocycles. The fourth-order valence-corrected chi connectivity index (χ4v) is 1.99. The maximum atomic E-state index is 5.48. The van der Waals surface area contributed by atoms with Gasteiger partial charge in [-0.1, -0.05) is 13.8 Å². The SMILES string of the molecule is COC(C)(C)CCC1(CNCC(C)C)CC1. The van der Waals surface area contributed by atoms with Gasteiger partial charge < -0.3 is 10.1 Å². The summed E-state index contributed by atoms with van der Waals surface area (Å²) in [5.41, 5.74) is 0.651. The average Bonchev–Trinajstić information content (AvgIpc) is 2.96. The molecule has 1 rings (SSSR count). The van der Waals surface area contributed by atoms with E-state index in [1.165, 1.54) is 32.2 Å². The minimum absolute atomic E-state index is 0.0492. The van der Waals surface area contributed by atoms with E-state index in [2.05, 4.69) is 33.0 Å². The van der Waals surface area contributed by atoms with Gasteiger partial charge in [0.25, 0.3) is 0 Å². The number of hydrogen-bond donors (Lipinski definition) is 1. The van der Waals surface area contributed by atoms with Crippen LogP contribution in [0.15, 0.2) is 0 Å². The predicted molar refractivity (Wildman–Crippen MR) is 69.7 cm³/mol. The fourth-order valence-electron chi connectivity index (χ4n) is 1.99. The van der Waals surface area contributed by atoms with Crippen molar-refractivity contribution in [1.29, 1.82) is 0 Å². The van der Waals surface area contributed by atoms with E-state index in [9.17, 15) is 0 Å². The van der Waals surface area contributed by atoms with Crippen molar-refractivity contribution in [3.8, 4) is 0 Å². The molecule has 0 amide bonds. The van der Waals surface area contributed by atoms with Gasteiger partial charge in [-0.15, -0.1) is 0 Å². The second-order valence-electron chi connectivity index (χ2n) is 6.49. The van der Waals surface area contributed by atoms with Crippen molar-refractivity contribution >= 4 is 0 Å². The lowest BCUT2D eigenvalue weighted by molar-refractivity contribution is 0.00923. The minimum Gasteiger partial charge on any atom is -0.379 e. The van der Waals surface area contributed by atoms with Crippen molar-refractivity contribution in [2.24, 2.45) is 11.3 Å². The Kier molecular flexibility index (Phi) is 4.81. The van der Waals surface area contributed by atoms with E-state index in [0.717, 1.165) is 12.5 Å². The lowest BCUT2D eigenvalue weighted by atomic mass is 9.92. The smallest absolute Gasteiger partial charge is 0.0623 e. The van der Waals surface area contributed by atoms with Gasteiger partial charge in [0.1, 0.15) is 0 Å². The molecular formula is C14H29NO. The Bertz CT molecular complexity index is 207. The predicted octanol–water partition coefficient (Wildman–Crippen LogP) is 3.22. The minimum atomic E-state index is 0.0492. The van der Waals surface area contributed by atoms with Crippen LogP contribution in [0.3, 0.4) is 0 Å². The van der Waals surface area contributed by atoms with E-state index in [0.29, 0.717) is 5.41 Å². The van der Waals surface area contributed by atoms with Crippen molar-refractivity contribution in [3.05, 3.63) is 0 Å². The van der Waals surface area contributed by atoms with Crippen LogP contribution in [-0.2, 0) is 4.74 Å². The highest BCUT2D eigenvalue weighted by Crippen LogP contribution is 2.50. The highest BCUT2D eigenvalue weighted by Gasteiger charge is 2.42. The van der Waals surface area contributed by atoms with Gasteiger partial charge >= 0.3 is 0 Å². The fraction of sp³-hybridized carbons (Fsp3) is 1.00. The number of rotatable bonds is 8. The Morgan fingerprint density at radius 1 is 1.31 bits per heavy atom. The summed E-state index contributed by atoms with van der Waals surface area (Å²) in [5.74, 6) is 0.756. The van der Waals surface area contributed by atoms with Crippen LogP contribution in [0, 0.1) is 11.3 Å². The summed E-state index contributed by atoms with van der Waals surface area (Å²) in [6, 6.07) is 0. The lowest BCUT2D eigenvalue weighted by Crippen LogP contribution is -2.30. The van der Waals surface area contributed by atoms with Gasteiger partial charge in [0, 0.05) is 13.7 Å². The third-order valence-electron chi connectivity index (χ3n) is 3.82. The number of methoxy groups -OCH3 is 1. The van der Waals surface area contributed by atoms with E-state index in [-0.39, 0.29) is 5.60 Å². The van der Waals surface area contributed by atoms with Crippen molar-refractivity contribution in [1.82, 2.24) is 5.32 Å². The van der Waals surface area contributed by atoms with Crippen LogP contribution in [0.25, 0.3) is 0 Å².